The molecule has 0 aromatic carbocycles. The highest BCUT2D eigenvalue weighted by Gasteiger charge is 2.04. The maximum absolute atomic E-state index is 10.9. The lowest BCUT2D eigenvalue weighted by molar-refractivity contribution is -0.143. The molecule has 4 heteroatoms. The van der Waals surface area contributed by atoms with Crippen molar-refractivity contribution < 1.29 is 14.3 Å². The second-order valence-electron chi connectivity index (χ2n) is 2.75. The Hall–Kier alpha value is -0.220. The van der Waals surface area contributed by atoms with Gasteiger partial charge in [0.15, 0.2) is 0 Å². The number of esters is 1. The van der Waals surface area contributed by atoms with Crippen LogP contribution in [0.3, 0.4) is 0 Å². The Bertz CT molecular complexity index is 139. The van der Waals surface area contributed by atoms with Gasteiger partial charge >= 0.3 is 5.97 Å². The number of hydrogen-bond acceptors (Lipinski definition) is 4. The standard InChI is InChI=1S/C9H18O3S/c1-3-11-8(2)4-6-12-9(10)5-7-13/h8,13H,3-7H2,1-2H3. The highest BCUT2D eigenvalue weighted by Crippen LogP contribution is 1.98. The van der Waals surface area contributed by atoms with E-state index in [2.05, 4.69) is 12.6 Å². The molecule has 3 nitrogen and oxygen atoms in total. The van der Waals surface area contributed by atoms with Gasteiger partial charge in [0, 0.05) is 18.8 Å². The van der Waals surface area contributed by atoms with E-state index in [1.165, 1.54) is 0 Å². The van der Waals surface area contributed by atoms with E-state index in [-0.39, 0.29) is 12.1 Å². The molecule has 0 spiro atoms. The molecule has 13 heavy (non-hydrogen) atoms. The number of hydrogen-bond donors (Lipinski definition) is 1. The summed E-state index contributed by atoms with van der Waals surface area (Å²) >= 11 is 3.93. The second-order valence-corrected chi connectivity index (χ2v) is 3.20. The quantitative estimate of drug-likeness (QED) is 0.508. The van der Waals surface area contributed by atoms with E-state index >= 15 is 0 Å². The van der Waals surface area contributed by atoms with Gasteiger partial charge in [-0.1, -0.05) is 0 Å². The fourth-order valence-electron chi connectivity index (χ4n) is 0.870. The highest BCUT2D eigenvalue weighted by molar-refractivity contribution is 7.80. The van der Waals surface area contributed by atoms with Crippen molar-refractivity contribution in [1.82, 2.24) is 0 Å². The van der Waals surface area contributed by atoms with Crippen LogP contribution in [0.15, 0.2) is 0 Å². The summed E-state index contributed by atoms with van der Waals surface area (Å²) in [5.41, 5.74) is 0. The first kappa shape index (κ1) is 12.8. The van der Waals surface area contributed by atoms with Crippen molar-refractivity contribution in [3.05, 3.63) is 0 Å². The van der Waals surface area contributed by atoms with Gasteiger partial charge in [0.05, 0.1) is 19.1 Å². The van der Waals surface area contributed by atoms with Crippen LogP contribution in [0.5, 0.6) is 0 Å². The van der Waals surface area contributed by atoms with Crippen molar-refractivity contribution in [3.8, 4) is 0 Å². The van der Waals surface area contributed by atoms with Crippen molar-refractivity contribution in [2.75, 3.05) is 19.0 Å². The fourth-order valence-corrected chi connectivity index (χ4v) is 1.05. The summed E-state index contributed by atoms with van der Waals surface area (Å²) < 4.78 is 10.2. The van der Waals surface area contributed by atoms with Crippen molar-refractivity contribution in [1.29, 1.82) is 0 Å². The van der Waals surface area contributed by atoms with Crippen LogP contribution in [0, 0.1) is 0 Å². The average molecular weight is 206 g/mol. The van der Waals surface area contributed by atoms with Gasteiger partial charge in [-0.15, -0.1) is 0 Å². The maximum Gasteiger partial charge on any atom is 0.306 e. The van der Waals surface area contributed by atoms with Crippen LogP contribution in [-0.2, 0) is 14.3 Å². The molecule has 0 aliphatic carbocycles. The molecule has 0 radical (unpaired) electrons. The monoisotopic (exact) mass is 206 g/mol. The molecule has 0 N–H and O–H groups in total. The van der Waals surface area contributed by atoms with Gasteiger partial charge in [0.25, 0.3) is 0 Å². The summed E-state index contributed by atoms with van der Waals surface area (Å²) in [6.07, 6.45) is 1.30. The Morgan fingerprint density at radius 1 is 1.54 bits per heavy atom. The van der Waals surface area contributed by atoms with Gasteiger partial charge in [-0.05, 0) is 13.8 Å². The minimum absolute atomic E-state index is 0.161. The molecule has 0 saturated carbocycles. The zero-order valence-corrected chi connectivity index (χ0v) is 9.18. The van der Waals surface area contributed by atoms with Gasteiger partial charge in [-0.2, -0.15) is 12.6 Å². The molecule has 0 rings (SSSR count). The largest absolute Gasteiger partial charge is 0.466 e. The molecule has 0 aliphatic heterocycles. The minimum Gasteiger partial charge on any atom is -0.466 e. The number of thiol groups is 1. The van der Waals surface area contributed by atoms with Crippen molar-refractivity contribution in [2.24, 2.45) is 0 Å². The number of ether oxygens (including phenoxy) is 2. The van der Waals surface area contributed by atoms with Crippen LogP contribution in [0.2, 0.25) is 0 Å². The molecular weight excluding hydrogens is 188 g/mol. The zero-order chi connectivity index (χ0) is 10.1. The first-order valence-electron chi connectivity index (χ1n) is 4.58. The van der Waals surface area contributed by atoms with Crippen molar-refractivity contribution in [2.45, 2.75) is 32.8 Å². The van der Waals surface area contributed by atoms with Crippen LogP contribution in [0.1, 0.15) is 26.7 Å². The smallest absolute Gasteiger partial charge is 0.306 e. The Balaban J connectivity index is 3.28. The molecule has 1 unspecified atom stereocenters. The Labute approximate surface area is 85.2 Å². The van der Waals surface area contributed by atoms with Gasteiger partial charge < -0.3 is 9.47 Å². The number of carbonyl (C=O) groups is 1. The molecule has 0 heterocycles. The maximum atomic E-state index is 10.9. The zero-order valence-electron chi connectivity index (χ0n) is 8.28. The molecule has 0 saturated heterocycles. The molecule has 0 amide bonds. The predicted molar refractivity (Wildman–Crippen MR) is 55.1 cm³/mol. The Kier molecular flexibility index (Phi) is 8.24. The lowest BCUT2D eigenvalue weighted by Crippen LogP contribution is -2.14. The van der Waals surface area contributed by atoms with E-state index in [1.54, 1.807) is 0 Å². The van der Waals surface area contributed by atoms with Gasteiger partial charge in [-0.3, -0.25) is 4.79 Å². The minimum atomic E-state index is -0.182. The van der Waals surface area contributed by atoms with E-state index in [9.17, 15) is 4.79 Å². The lowest BCUT2D eigenvalue weighted by atomic mass is 10.3. The van der Waals surface area contributed by atoms with Gasteiger partial charge in [0.1, 0.15) is 0 Å². The van der Waals surface area contributed by atoms with Crippen LogP contribution >= 0.6 is 12.6 Å². The van der Waals surface area contributed by atoms with E-state index in [0.717, 1.165) is 6.42 Å². The molecule has 1 atom stereocenters. The van der Waals surface area contributed by atoms with Crippen LogP contribution < -0.4 is 0 Å². The van der Waals surface area contributed by atoms with Gasteiger partial charge in [0.2, 0.25) is 0 Å². The Morgan fingerprint density at radius 2 is 2.23 bits per heavy atom. The topological polar surface area (TPSA) is 35.5 Å². The highest BCUT2D eigenvalue weighted by atomic mass is 32.1. The Morgan fingerprint density at radius 3 is 2.77 bits per heavy atom. The molecule has 0 aromatic heterocycles. The van der Waals surface area contributed by atoms with E-state index in [0.29, 0.717) is 25.4 Å². The van der Waals surface area contributed by atoms with Gasteiger partial charge in [-0.25, -0.2) is 0 Å². The summed E-state index contributed by atoms with van der Waals surface area (Å²) in [6, 6.07) is 0. The SMILES string of the molecule is CCOC(C)CCOC(=O)CCS. The molecular formula is C9H18O3S. The van der Waals surface area contributed by atoms with E-state index < -0.39 is 0 Å². The summed E-state index contributed by atoms with van der Waals surface area (Å²) in [4.78, 5) is 10.9. The van der Waals surface area contributed by atoms with E-state index in [4.69, 9.17) is 9.47 Å². The average Bonchev–Trinajstić information content (AvgIpc) is 2.05. The second kappa shape index (κ2) is 8.38. The summed E-state index contributed by atoms with van der Waals surface area (Å²) in [5, 5.41) is 0. The summed E-state index contributed by atoms with van der Waals surface area (Å²) in [6.45, 7) is 5.05. The molecule has 0 aromatic rings. The summed E-state index contributed by atoms with van der Waals surface area (Å²) in [5.74, 6) is 0.360. The molecule has 0 aliphatic rings. The van der Waals surface area contributed by atoms with Crippen molar-refractivity contribution in [3.63, 3.8) is 0 Å². The molecule has 0 bridgehead atoms. The predicted octanol–water partition coefficient (Wildman–Crippen LogP) is 1.66. The van der Waals surface area contributed by atoms with Crippen molar-refractivity contribution >= 4 is 18.6 Å². The summed E-state index contributed by atoms with van der Waals surface area (Å²) in [7, 11) is 0. The third-order valence-corrected chi connectivity index (χ3v) is 1.78. The number of rotatable bonds is 7. The van der Waals surface area contributed by atoms with E-state index in [1.807, 2.05) is 13.8 Å². The lowest BCUT2D eigenvalue weighted by Gasteiger charge is -2.11. The van der Waals surface area contributed by atoms with Crippen LogP contribution in [0.4, 0.5) is 0 Å². The third-order valence-electron chi connectivity index (χ3n) is 1.55. The first-order chi connectivity index (χ1) is 6.20. The number of carbonyl (C=O) groups excluding carboxylic acids is 1. The molecule has 78 valence electrons. The first-order valence-corrected chi connectivity index (χ1v) is 5.22. The normalized spacial score (nSPS) is 12.5. The van der Waals surface area contributed by atoms with Crippen LogP contribution in [-0.4, -0.2) is 31.0 Å². The third kappa shape index (κ3) is 8.12. The molecule has 0 fully saturated rings. The fraction of sp³-hybridized carbons (Fsp3) is 0.889. The van der Waals surface area contributed by atoms with Crippen LogP contribution in [0.25, 0.3) is 0 Å².